The van der Waals surface area contributed by atoms with Crippen molar-refractivity contribution >= 4 is 57.5 Å². The number of halogens is 2. The van der Waals surface area contributed by atoms with E-state index < -0.39 is 0 Å². The molecule has 0 radical (unpaired) electrons. The van der Waals surface area contributed by atoms with Crippen molar-refractivity contribution in [2.75, 3.05) is 25.0 Å². The molecular weight excluding hydrogens is 471 g/mol. The Morgan fingerprint density at radius 1 is 1.39 bits per heavy atom. The van der Waals surface area contributed by atoms with Crippen molar-refractivity contribution in [1.82, 2.24) is 10.6 Å². The van der Waals surface area contributed by atoms with Crippen molar-refractivity contribution in [3.05, 3.63) is 28.2 Å². The summed E-state index contributed by atoms with van der Waals surface area (Å²) >= 11 is 3.39. The fourth-order valence-corrected chi connectivity index (χ4v) is 2.05. The number of nitrogens with one attached hydrogen (secondary N) is 3. The van der Waals surface area contributed by atoms with Crippen molar-refractivity contribution in [2.24, 2.45) is 4.99 Å². The van der Waals surface area contributed by atoms with Gasteiger partial charge in [0.1, 0.15) is 0 Å². The van der Waals surface area contributed by atoms with Crippen LogP contribution in [0.4, 0.5) is 5.69 Å². The number of aliphatic imine (C=N–C) groups is 1. The summed E-state index contributed by atoms with van der Waals surface area (Å²) in [6.07, 6.45) is 5.50. The van der Waals surface area contributed by atoms with Crippen LogP contribution in [0.3, 0.4) is 0 Å². The summed E-state index contributed by atoms with van der Waals surface area (Å²) in [6.45, 7) is 5.44. The first kappa shape index (κ1) is 21.7. The summed E-state index contributed by atoms with van der Waals surface area (Å²) < 4.78 is 0.930. The van der Waals surface area contributed by atoms with Gasteiger partial charge in [0.25, 0.3) is 0 Å². The number of rotatable bonds is 6. The van der Waals surface area contributed by atoms with Gasteiger partial charge in [0.05, 0.1) is 13.1 Å². The van der Waals surface area contributed by atoms with E-state index in [1.54, 1.807) is 0 Å². The Labute approximate surface area is 163 Å². The van der Waals surface area contributed by atoms with Crippen LogP contribution in [-0.4, -0.2) is 31.5 Å². The van der Waals surface area contributed by atoms with Gasteiger partial charge in [-0.2, -0.15) is 0 Å². The number of amides is 1. The molecule has 1 aromatic carbocycles. The van der Waals surface area contributed by atoms with Crippen LogP contribution in [0.1, 0.15) is 18.9 Å². The molecule has 3 N–H and O–H groups in total. The molecule has 1 amide bonds. The summed E-state index contributed by atoms with van der Waals surface area (Å²) in [7, 11) is 0. The Balaban J connectivity index is 0.00000484. The molecule has 0 saturated heterocycles. The van der Waals surface area contributed by atoms with Gasteiger partial charge in [0, 0.05) is 23.1 Å². The second-order valence-electron chi connectivity index (χ2n) is 4.58. The van der Waals surface area contributed by atoms with Gasteiger partial charge in [-0.05, 0) is 31.5 Å². The Morgan fingerprint density at radius 2 is 2.13 bits per heavy atom. The Bertz CT molecular complexity index is 584. The summed E-state index contributed by atoms with van der Waals surface area (Å²) in [5.41, 5.74) is 1.82. The maximum atomic E-state index is 12.0. The van der Waals surface area contributed by atoms with Gasteiger partial charge in [-0.1, -0.05) is 27.9 Å². The number of nitrogens with zero attached hydrogens (tertiary/aromatic N) is 1. The van der Waals surface area contributed by atoms with Crippen LogP contribution < -0.4 is 16.0 Å². The van der Waals surface area contributed by atoms with Crippen LogP contribution in [0.2, 0.25) is 0 Å². The van der Waals surface area contributed by atoms with Gasteiger partial charge < -0.3 is 16.0 Å². The third-order valence-electron chi connectivity index (χ3n) is 2.78. The summed E-state index contributed by atoms with van der Waals surface area (Å²) in [5, 5.41) is 8.93. The standard InChI is InChI=1S/C16H21BrN4O.HI/c1-4-9-19-16(18-5-2)20-10-8-15(22)21-14-11-13(17)7-6-12(14)3;/h1,6-7,11H,5,8-10H2,2-3H3,(H,21,22)(H2,18,19,20);1H. The monoisotopic (exact) mass is 492 g/mol. The molecule has 1 rings (SSSR count). The molecule has 0 aliphatic rings. The average molecular weight is 493 g/mol. The zero-order chi connectivity index (χ0) is 16.4. The maximum absolute atomic E-state index is 12.0. The van der Waals surface area contributed by atoms with Gasteiger partial charge in [0.15, 0.2) is 5.96 Å². The van der Waals surface area contributed by atoms with Gasteiger partial charge in [-0.15, -0.1) is 30.4 Å². The van der Waals surface area contributed by atoms with Crippen LogP contribution in [0.25, 0.3) is 0 Å². The number of hydrogen-bond donors (Lipinski definition) is 3. The zero-order valence-electron chi connectivity index (χ0n) is 13.3. The first-order valence-electron chi connectivity index (χ1n) is 7.08. The molecule has 0 fully saturated rings. The topological polar surface area (TPSA) is 65.5 Å². The van der Waals surface area contributed by atoms with E-state index in [0.29, 0.717) is 25.5 Å². The van der Waals surface area contributed by atoms with Gasteiger partial charge >= 0.3 is 0 Å². The number of benzene rings is 1. The minimum atomic E-state index is -0.0715. The molecule has 7 heteroatoms. The molecule has 0 spiro atoms. The number of carbonyl (C=O) groups is 1. The van der Waals surface area contributed by atoms with Crippen molar-refractivity contribution in [2.45, 2.75) is 20.3 Å². The average Bonchev–Trinajstić information content (AvgIpc) is 2.48. The van der Waals surface area contributed by atoms with Gasteiger partial charge in [-0.25, -0.2) is 0 Å². The van der Waals surface area contributed by atoms with Gasteiger partial charge in [0.2, 0.25) is 5.91 Å². The lowest BCUT2D eigenvalue weighted by molar-refractivity contribution is -0.116. The van der Waals surface area contributed by atoms with E-state index in [9.17, 15) is 4.79 Å². The molecule has 5 nitrogen and oxygen atoms in total. The Hall–Kier alpha value is -1.27. The largest absolute Gasteiger partial charge is 0.357 e. The van der Waals surface area contributed by atoms with Crippen molar-refractivity contribution in [1.29, 1.82) is 0 Å². The SMILES string of the molecule is C#CCNC(=NCCC(=O)Nc1cc(Br)ccc1C)NCC.I. The summed E-state index contributed by atoms with van der Waals surface area (Å²) in [6, 6.07) is 5.77. The number of terminal acetylenes is 1. The highest BCUT2D eigenvalue weighted by Gasteiger charge is 2.05. The lowest BCUT2D eigenvalue weighted by Crippen LogP contribution is -2.37. The molecule has 0 aromatic heterocycles. The normalized spacial score (nSPS) is 10.3. The molecule has 23 heavy (non-hydrogen) atoms. The predicted molar refractivity (Wildman–Crippen MR) is 110 cm³/mol. The number of hydrogen-bond acceptors (Lipinski definition) is 2. The molecular formula is C16H22BrIN4O. The second-order valence-corrected chi connectivity index (χ2v) is 5.49. The molecule has 0 heterocycles. The third-order valence-corrected chi connectivity index (χ3v) is 3.28. The lowest BCUT2D eigenvalue weighted by Gasteiger charge is -2.10. The second kappa shape index (κ2) is 12.2. The highest BCUT2D eigenvalue weighted by atomic mass is 127. The predicted octanol–water partition coefficient (Wildman–Crippen LogP) is 2.89. The van der Waals surface area contributed by atoms with Crippen LogP contribution in [0.15, 0.2) is 27.7 Å². The van der Waals surface area contributed by atoms with Crippen LogP contribution in [-0.2, 0) is 4.79 Å². The van der Waals surface area contributed by atoms with Crippen molar-refractivity contribution in [3.63, 3.8) is 0 Å². The van der Waals surface area contributed by atoms with Gasteiger partial charge in [-0.3, -0.25) is 9.79 Å². The van der Waals surface area contributed by atoms with Crippen LogP contribution in [0.5, 0.6) is 0 Å². The number of carbonyl (C=O) groups excluding carboxylic acids is 1. The number of aryl methyl sites for hydroxylation is 1. The van der Waals surface area contributed by atoms with Crippen molar-refractivity contribution in [3.8, 4) is 12.3 Å². The minimum Gasteiger partial charge on any atom is -0.357 e. The molecule has 0 bridgehead atoms. The van der Waals surface area contributed by atoms with E-state index in [-0.39, 0.29) is 29.9 Å². The Kier molecular flexibility index (Phi) is 11.5. The third kappa shape index (κ3) is 8.81. The van der Waals surface area contributed by atoms with Crippen molar-refractivity contribution < 1.29 is 4.79 Å². The molecule has 0 unspecified atom stereocenters. The Morgan fingerprint density at radius 3 is 2.78 bits per heavy atom. The molecule has 0 saturated carbocycles. The van der Waals surface area contributed by atoms with E-state index in [4.69, 9.17) is 6.42 Å². The minimum absolute atomic E-state index is 0. The molecule has 0 aliphatic carbocycles. The first-order valence-corrected chi connectivity index (χ1v) is 7.87. The number of anilines is 1. The van der Waals surface area contributed by atoms with E-state index >= 15 is 0 Å². The quantitative estimate of drug-likeness (QED) is 0.247. The van der Waals surface area contributed by atoms with E-state index in [1.807, 2.05) is 32.0 Å². The first-order chi connectivity index (χ1) is 10.6. The summed E-state index contributed by atoms with van der Waals surface area (Å²) in [4.78, 5) is 16.3. The molecule has 1 aromatic rings. The van der Waals surface area contributed by atoms with E-state index in [2.05, 4.69) is 42.8 Å². The fraction of sp³-hybridized carbons (Fsp3) is 0.375. The van der Waals surface area contributed by atoms with E-state index in [0.717, 1.165) is 22.3 Å². The molecule has 0 aliphatic heterocycles. The summed E-state index contributed by atoms with van der Waals surface area (Å²) in [5.74, 6) is 3.03. The lowest BCUT2D eigenvalue weighted by atomic mass is 10.2. The number of guanidine groups is 1. The molecule has 0 atom stereocenters. The van der Waals surface area contributed by atoms with Crippen LogP contribution in [0, 0.1) is 19.3 Å². The van der Waals surface area contributed by atoms with E-state index in [1.165, 1.54) is 0 Å². The highest BCUT2D eigenvalue weighted by molar-refractivity contribution is 14.0. The maximum Gasteiger partial charge on any atom is 0.226 e. The van der Waals surface area contributed by atoms with Crippen LogP contribution >= 0.6 is 39.9 Å². The zero-order valence-corrected chi connectivity index (χ0v) is 17.2. The highest BCUT2D eigenvalue weighted by Crippen LogP contribution is 2.20. The molecule has 126 valence electrons. The fourth-order valence-electron chi connectivity index (χ4n) is 1.69. The smallest absolute Gasteiger partial charge is 0.226 e.